The molecule has 1 saturated heterocycles. The van der Waals surface area contributed by atoms with Crippen LogP contribution >= 0.6 is 11.8 Å². The Morgan fingerprint density at radius 2 is 2.00 bits per heavy atom. The highest BCUT2D eigenvalue weighted by Gasteiger charge is 2.18. The van der Waals surface area contributed by atoms with Crippen molar-refractivity contribution in [2.75, 3.05) is 19.3 Å². The second-order valence-corrected chi connectivity index (χ2v) is 7.05. The third-order valence-corrected chi connectivity index (χ3v) is 5.17. The molecule has 0 spiro atoms. The van der Waals surface area contributed by atoms with E-state index < -0.39 is 0 Å². The molecule has 22 heavy (non-hydrogen) atoms. The maximum atomic E-state index is 11.9. The van der Waals surface area contributed by atoms with Gasteiger partial charge in [-0.3, -0.25) is 9.69 Å². The number of piperidine rings is 1. The van der Waals surface area contributed by atoms with E-state index in [1.807, 2.05) is 25.3 Å². The number of likely N-dealkylation sites (tertiary alicyclic amines) is 1. The summed E-state index contributed by atoms with van der Waals surface area (Å²) >= 11 is 1.56. The Morgan fingerprint density at radius 1 is 1.36 bits per heavy atom. The van der Waals surface area contributed by atoms with Crippen LogP contribution in [0.4, 0.5) is 0 Å². The molecule has 0 saturated carbocycles. The molecule has 1 aromatic rings. The molecule has 0 radical (unpaired) electrons. The highest BCUT2D eigenvalue weighted by molar-refractivity contribution is 7.99. The summed E-state index contributed by atoms with van der Waals surface area (Å²) in [6.07, 6.45) is 3.51. The molecule has 2 rings (SSSR count). The van der Waals surface area contributed by atoms with E-state index in [-0.39, 0.29) is 17.3 Å². The van der Waals surface area contributed by atoms with Gasteiger partial charge in [-0.05, 0) is 37.1 Å². The van der Waals surface area contributed by atoms with Crippen LogP contribution in [0.3, 0.4) is 0 Å². The van der Waals surface area contributed by atoms with Gasteiger partial charge >= 0.3 is 0 Å². The van der Waals surface area contributed by atoms with E-state index in [0.717, 1.165) is 32.5 Å². The van der Waals surface area contributed by atoms with E-state index >= 15 is 0 Å². The molecule has 0 aromatic heterocycles. The molecule has 2 N–H and O–H groups in total. The van der Waals surface area contributed by atoms with Gasteiger partial charge in [-0.2, -0.15) is 11.8 Å². The number of nitrogens with one attached hydrogen (secondary N) is 1. The number of aliphatic hydroxyl groups excluding tert-OH is 1. The van der Waals surface area contributed by atoms with Crippen molar-refractivity contribution < 1.29 is 9.90 Å². The number of aliphatic hydroxyl groups is 1. The lowest BCUT2D eigenvalue weighted by Crippen LogP contribution is -2.36. The SMILES string of the molecule is CSC(C)C(=O)NCc1ccccc1CN1CCC(O)CC1. The molecular formula is C17H26N2O2S. The molecule has 1 atom stereocenters. The Bertz CT molecular complexity index is 487. The van der Waals surface area contributed by atoms with Gasteiger partial charge in [0.2, 0.25) is 5.91 Å². The molecule has 5 heteroatoms. The number of amides is 1. The molecule has 1 aliphatic rings. The number of hydrogen-bond donors (Lipinski definition) is 2. The number of hydrogen-bond acceptors (Lipinski definition) is 4. The summed E-state index contributed by atoms with van der Waals surface area (Å²) in [5.41, 5.74) is 2.44. The van der Waals surface area contributed by atoms with E-state index in [1.165, 1.54) is 11.1 Å². The molecule has 1 aliphatic heterocycles. The minimum absolute atomic E-state index is 0.0178. The van der Waals surface area contributed by atoms with Gasteiger partial charge in [0, 0.05) is 26.2 Å². The summed E-state index contributed by atoms with van der Waals surface area (Å²) in [5, 5.41) is 12.6. The first kappa shape index (κ1) is 17.3. The van der Waals surface area contributed by atoms with Crippen molar-refractivity contribution in [3.05, 3.63) is 35.4 Å². The normalized spacial score (nSPS) is 18.1. The lowest BCUT2D eigenvalue weighted by Gasteiger charge is -2.30. The Kier molecular flexibility index (Phi) is 6.73. The van der Waals surface area contributed by atoms with Crippen LogP contribution in [0.5, 0.6) is 0 Å². The fraction of sp³-hybridized carbons (Fsp3) is 0.588. The summed E-state index contributed by atoms with van der Waals surface area (Å²) in [7, 11) is 0. The van der Waals surface area contributed by atoms with Gasteiger partial charge in [-0.1, -0.05) is 24.3 Å². The summed E-state index contributed by atoms with van der Waals surface area (Å²) in [6, 6.07) is 8.27. The van der Waals surface area contributed by atoms with Gasteiger partial charge in [0.05, 0.1) is 11.4 Å². The van der Waals surface area contributed by atoms with Gasteiger partial charge in [-0.15, -0.1) is 0 Å². The van der Waals surface area contributed by atoms with Crippen LogP contribution in [-0.2, 0) is 17.9 Å². The van der Waals surface area contributed by atoms with E-state index in [2.05, 4.69) is 22.3 Å². The standard InChI is InChI=1S/C17H26N2O2S/c1-13(22-2)17(21)18-11-14-5-3-4-6-15(14)12-19-9-7-16(20)8-10-19/h3-6,13,16,20H,7-12H2,1-2H3,(H,18,21). The summed E-state index contributed by atoms with van der Waals surface area (Å²) in [5.74, 6) is 0.0865. The predicted molar refractivity (Wildman–Crippen MR) is 91.8 cm³/mol. The second-order valence-electron chi connectivity index (χ2n) is 5.87. The fourth-order valence-corrected chi connectivity index (χ4v) is 2.93. The predicted octanol–water partition coefficient (Wildman–Crippen LogP) is 2.01. The first-order chi connectivity index (χ1) is 10.6. The zero-order chi connectivity index (χ0) is 15.9. The Labute approximate surface area is 137 Å². The molecule has 1 unspecified atom stereocenters. The van der Waals surface area contributed by atoms with Crippen LogP contribution in [0.2, 0.25) is 0 Å². The minimum atomic E-state index is -0.140. The lowest BCUT2D eigenvalue weighted by atomic mass is 10.0. The van der Waals surface area contributed by atoms with Gasteiger partial charge in [-0.25, -0.2) is 0 Å². The molecular weight excluding hydrogens is 296 g/mol. The third kappa shape index (κ3) is 5.00. The molecule has 1 amide bonds. The topological polar surface area (TPSA) is 52.6 Å². The van der Waals surface area contributed by atoms with Crippen molar-refractivity contribution in [3.63, 3.8) is 0 Å². The third-order valence-electron chi connectivity index (χ3n) is 4.25. The average molecular weight is 322 g/mol. The molecule has 0 bridgehead atoms. The highest BCUT2D eigenvalue weighted by Crippen LogP contribution is 2.16. The number of rotatable bonds is 6. The average Bonchev–Trinajstić information content (AvgIpc) is 2.55. The maximum absolute atomic E-state index is 11.9. The number of carbonyl (C=O) groups excluding carboxylic acids is 1. The van der Waals surface area contributed by atoms with Crippen LogP contribution in [-0.4, -0.2) is 46.6 Å². The molecule has 122 valence electrons. The van der Waals surface area contributed by atoms with E-state index in [1.54, 1.807) is 11.8 Å². The number of nitrogens with zero attached hydrogens (tertiary/aromatic N) is 1. The van der Waals surface area contributed by atoms with Gasteiger partial charge in [0.1, 0.15) is 0 Å². The van der Waals surface area contributed by atoms with Gasteiger partial charge in [0.25, 0.3) is 0 Å². The van der Waals surface area contributed by atoms with Crippen molar-refractivity contribution in [1.82, 2.24) is 10.2 Å². The van der Waals surface area contributed by atoms with Crippen molar-refractivity contribution in [2.24, 2.45) is 0 Å². The molecule has 1 heterocycles. The smallest absolute Gasteiger partial charge is 0.233 e. The quantitative estimate of drug-likeness (QED) is 0.841. The second kappa shape index (κ2) is 8.56. The van der Waals surface area contributed by atoms with Crippen LogP contribution in [0.15, 0.2) is 24.3 Å². The Hall–Kier alpha value is -1.04. The summed E-state index contributed by atoms with van der Waals surface area (Å²) in [6.45, 7) is 5.26. The fourth-order valence-electron chi connectivity index (χ4n) is 2.64. The molecule has 4 nitrogen and oxygen atoms in total. The van der Waals surface area contributed by atoms with Crippen molar-refractivity contribution in [3.8, 4) is 0 Å². The van der Waals surface area contributed by atoms with E-state index in [9.17, 15) is 9.90 Å². The van der Waals surface area contributed by atoms with Crippen molar-refractivity contribution >= 4 is 17.7 Å². The zero-order valence-electron chi connectivity index (χ0n) is 13.4. The first-order valence-corrected chi connectivity index (χ1v) is 9.16. The highest BCUT2D eigenvalue weighted by atomic mass is 32.2. The Morgan fingerprint density at radius 3 is 2.64 bits per heavy atom. The van der Waals surface area contributed by atoms with E-state index in [0.29, 0.717) is 6.54 Å². The van der Waals surface area contributed by atoms with Crippen molar-refractivity contribution in [1.29, 1.82) is 0 Å². The van der Waals surface area contributed by atoms with Gasteiger partial charge in [0.15, 0.2) is 0 Å². The first-order valence-electron chi connectivity index (χ1n) is 7.88. The number of carbonyl (C=O) groups is 1. The van der Waals surface area contributed by atoms with Crippen LogP contribution in [0.1, 0.15) is 30.9 Å². The van der Waals surface area contributed by atoms with E-state index in [4.69, 9.17) is 0 Å². The molecule has 1 fully saturated rings. The lowest BCUT2D eigenvalue weighted by molar-refractivity contribution is -0.120. The van der Waals surface area contributed by atoms with Gasteiger partial charge < -0.3 is 10.4 Å². The van der Waals surface area contributed by atoms with Crippen molar-refractivity contribution in [2.45, 2.75) is 44.2 Å². The number of thioether (sulfide) groups is 1. The van der Waals surface area contributed by atoms with Crippen LogP contribution in [0.25, 0.3) is 0 Å². The molecule has 0 aliphatic carbocycles. The zero-order valence-corrected chi connectivity index (χ0v) is 14.2. The largest absolute Gasteiger partial charge is 0.393 e. The van der Waals surface area contributed by atoms with Crippen LogP contribution < -0.4 is 5.32 Å². The minimum Gasteiger partial charge on any atom is -0.393 e. The van der Waals surface area contributed by atoms with Crippen LogP contribution in [0, 0.1) is 0 Å². The monoisotopic (exact) mass is 322 g/mol. The number of benzene rings is 1. The summed E-state index contributed by atoms with van der Waals surface area (Å²) < 4.78 is 0. The summed E-state index contributed by atoms with van der Waals surface area (Å²) in [4.78, 5) is 14.3. The molecule has 1 aromatic carbocycles. The Balaban J connectivity index is 1.93. The maximum Gasteiger partial charge on any atom is 0.233 e.